The topological polar surface area (TPSA) is 52.7 Å². The predicted octanol–water partition coefficient (Wildman–Crippen LogP) is 2.71. The lowest BCUT2D eigenvalue weighted by atomic mass is 10.0. The Labute approximate surface area is 166 Å². The third-order valence-corrected chi connectivity index (χ3v) is 5.62. The van der Waals surface area contributed by atoms with Gasteiger partial charge in [-0.1, -0.05) is 48.5 Å². The van der Waals surface area contributed by atoms with Gasteiger partial charge in [0.15, 0.2) is 0 Å². The molecule has 2 fully saturated rings. The van der Waals surface area contributed by atoms with Crippen LogP contribution < -0.4 is 5.32 Å². The molecule has 4 rings (SSSR count). The van der Waals surface area contributed by atoms with Gasteiger partial charge < -0.3 is 10.2 Å². The molecule has 2 amide bonds. The number of carbonyl (C=O) groups is 2. The number of nitrogens with one attached hydrogen (secondary N) is 1. The van der Waals surface area contributed by atoms with Crippen molar-refractivity contribution >= 4 is 11.8 Å². The molecule has 2 aromatic rings. The van der Waals surface area contributed by atoms with Crippen molar-refractivity contribution < 1.29 is 9.59 Å². The van der Waals surface area contributed by atoms with E-state index < -0.39 is 0 Å². The van der Waals surface area contributed by atoms with Crippen LogP contribution in [0.25, 0.3) is 0 Å². The van der Waals surface area contributed by atoms with Gasteiger partial charge in [0.05, 0.1) is 12.6 Å². The summed E-state index contributed by atoms with van der Waals surface area (Å²) in [4.78, 5) is 29.2. The number of nitrogens with zero attached hydrogens (tertiary/aromatic N) is 2. The average Bonchev–Trinajstić information content (AvgIpc) is 3.58. The van der Waals surface area contributed by atoms with Crippen LogP contribution in [0.2, 0.25) is 0 Å². The Bertz CT molecular complexity index is 797. The molecule has 146 valence electrons. The van der Waals surface area contributed by atoms with Crippen molar-refractivity contribution in [2.24, 2.45) is 5.92 Å². The monoisotopic (exact) mass is 377 g/mol. The van der Waals surface area contributed by atoms with E-state index in [1.165, 1.54) is 18.4 Å². The highest BCUT2D eigenvalue weighted by Gasteiger charge is 2.33. The summed E-state index contributed by atoms with van der Waals surface area (Å²) in [5, 5.41) is 3.24. The maximum Gasteiger partial charge on any atom is 0.253 e. The van der Waals surface area contributed by atoms with Gasteiger partial charge in [-0.25, -0.2) is 0 Å². The summed E-state index contributed by atoms with van der Waals surface area (Å²) in [6.45, 7) is 3.16. The van der Waals surface area contributed by atoms with Gasteiger partial charge in [0.25, 0.3) is 5.91 Å². The van der Waals surface area contributed by atoms with Gasteiger partial charge in [0.1, 0.15) is 0 Å². The fourth-order valence-corrected chi connectivity index (χ4v) is 3.86. The van der Waals surface area contributed by atoms with Crippen LogP contribution in [0.3, 0.4) is 0 Å². The molecule has 1 aliphatic heterocycles. The molecule has 5 nitrogen and oxygen atoms in total. The van der Waals surface area contributed by atoms with Crippen molar-refractivity contribution in [1.29, 1.82) is 0 Å². The van der Waals surface area contributed by atoms with E-state index >= 15 is 0 Å². The first kappa shape index (κ1) is 18.7. The number of piperazine rings is 1. The highest BCUT2D eigenvalue weighted by molar-refractivity contribution is 5.94. The highest BCUT2D eigenvalue weighted by Crippen LogP contribution is 2.40. The smallest absolute Gasteiger partial charge is 0.253 e. The number of amides is 2. The van der Waals surface area contributed by atoms with E-state index in [1.54, 1.807) is 0 Å². The van der Waals surface area contributed by atoms with Crippen molar-refractivity contribution in [3.63, 3.8) is 0 Å². The lowest BCUT2D eigenvalue weighted by Gasteiger charge is -2.34. The molecule has 0 radical (unpaired) electrons. The number of rotatable bonds is 6. The average molecular weight is 377 g/mol. The summed E-state index contributed by atoms with van der Waals surface area (Å²) in [6, 6.07) is 19.8. The van der Waals surface area contributed by atoms with E-state index in [9.17, 15) is 9.59 Å². The second-order valence-electron chi connectivity index (χ2n) is 7.73. The Hall–Kier alpha value is -2.66. The molecule has 5 heteroatoms. The Kier molecular flexibility index (Phi) is 5.72. The molecule has 1 heterocycles. The van der Waals surface area contributed by atoms with Gasteiger partial charge in [-0.3, -0.25) is 14.5 Å². The van der Waals surface area contributed by atoms with Gasteiger partial charge in [0, 0.05) is 31.7 Å². The van der Waals surface area contributed by atoms with Gasteiger partial charge in [-0.05, 0) is 36.5 Å². The van der Waals surface area contributed by atoms with Gasteiger partial charge >= 0.3 is 0 Å². The summed E-state index contributed by atoms with van der Waals surface area (Å²) in [5.41, 5.74) is 1.92. The molecule has 2 aromatic carbocycles. The Morgan fingerprint density at radius 2 is 1.50 bits per heavy atom. The first-order chi connectivity index (χ1) is 13.7. The van der Waals surface area contributed by atoms with Crippen molar-refractivity contribution in [1.82, 2.24) is 15.1 Å². The number of hydrogen-bond donors (Lipinski definition) is 1. The van der Waals surface area contributed by atoms with Gasteiger partial charge in [-0.2, -0.15) is 0 Å². The Morgan fingerprint density at radius 3 is 2.11 bits per heavy atom. The molecule has 1 atom stereocenters. The Balaban J connectivity index is 1.27. The number of benzene rings is 2. The predicted molar refractivity (Wildman–Crippen MR) is 109 cm³/mol. The van der Waals surface area contributed by atoms with Crippen molar-refractivity contribution in [2.45, 2.75) is 18.9 Å². The van der Waals surface area contributed by atoms with Crippen LogP contribution in [0.1, 0.15) is 34.8 Å². The molecule has 1 N–H and O–H groups in total. The second-order valence-corrected chi connectivity index (χ2v) is 7.73. The molecule has 1 saturated carbocycles. The van der Waals surface area contributed by atoms with Crippen LogP contribution in [0.5, 0.6) is 0 Å². The van der Waals surface area contributed by atoms with Gasteiger partial charge in [-0.15, -0.1) is 0 Å². The summed E-state index contributed by atoms with van der Waals surface area (Å²) in [7, 11) is 0. The fourth-order valence-electron chi connectivity index (χ4n) is 3.86. The van der Waals surface area contributed by atoms with E-state index in [1.807, 2.05) is 53.4 Å². The minimum absolute atomic E-state index is 0.0718. The van der Waals surface area contributed by atoms with Crippen LogP contribution >= 0.6 is 0 Å². The summed E-state index contributed by atoms with van der Waals surface area (Å²) >= 11 is 0. The second kappa shape index (κ2) is 8.57. The standard InChI is InChI=1S/C23H27N3O2/c27-21(24-22(19-11-12-19)18-7-3-1-4-8-18)17-25-13-15-26(16-14-25)23(28)20-9-5-2-6-10-20/h1-10,19,22H,11-17H2,(H,24,27). The largest absolute Gasteiger partial charge is 0.348 e. The maximum atomic E-state index is 12.6. The zero-order chi connectivity index (χ0) is 19.3. The lowest BCUT2D eigenvalue weighted by molar-refractivity contribution is -0.123. The van der Waals surface area contributed by atoms with Crippen LogP contribution in [0.15, 0.2) is 60.7 Å². The minimum atomic E-state index is 0.0718. The molecule has 0 bridgehead atoms. The molecule has 0 aromatic heterocycles. The van der Waals surface area contributed by atoms with Crippen LogP contribution in [0, 0.1) is 5.92 Å². The quantitative estimate of drug-likeness (QED) is 0.842. The van der Waals surface area contributed by atoms with E-state index in [4.69, 9.17) is 0 Å². The molecular formula is C23H27N3O2. The first-order valence-electron chi connectivity index (χ1n) is 10.1. The maximum absolute atomic E-state index is 12.6. The summed E-state index contributed by atoms with van der Waals surface area (Å²) in [5.74, 6) is 0.706. The van der Waals surface area contributed by atoms with Crippen LogP contribution in [0.4, 0.5) is 0 Å². The summed E-state index contributed by atoms with van der Waals surface area (Å²) < 4.78 is 0. The van der Waals surface area contributed by atoms with E-state index in [0.29, 0.717) is 25.6 Å². The van der Waals surface area contributed by atoms with Crippen LogP contribution in [-0.4, -0.2) is 54.3 Å². The normalized spacial score (nSPS) is 18.5. The third-order valence-electron chi connectivity index (χ3n) is 5.62. The zero-order valence-electron chi connectivity index (χ0n) is 16.1. The molecular weight excluding hydrogens is 350 g/mol. The lowest BCUT2D eigenvalue weighted by Crippen LogP contribution is -2.51. The van der Waals surface area contributed by atoms with Crippen molar-refractivity contribution in [3.8, 4) is 0 Å². The zero-order valence-corrected chi connectivity index (χ0v) is 16.1. The highest BCUT2D eigenvalue weighted by atomic mass is 16.2. The van der Waals surface area contributed by atoms with Gasteiger partial charge in [0.2, 0.25) is 5.91 Å². The van der Waals surface area contributed by atoms with Crippen molar-refractivity contribution in [2.75, 3.05) is 32.7 Å². The molecule has 1 unspecified atom stereocenters. The van der Waals surface area contributed by atoms with Crippen LogP contribution in [-0.2, 0) is 4.79 Å². The molecule has 1 aliphatic carbocycles. The van der Waals surface area contributed by atoms with Crippen molar-refractivity contribution in [3.05, 3.63) is 71.8 Å². The summed E-state index contributed by atoms with van der Waals surface area (Å²) in [6.07, 6.45) is 2.36. The number of carbonyl (C=O) groups excluding carboxylic acids is 2. The van der Waals surface area contributed by atoms with E-state index in [-0.39, 0.29) is 17.9 Å². The molecule has 28 heavy (non-hydrogen) atoms. The van der Waals surface area contributed by atoms with E-state index in [2.05, 4.69) is 22.3 Å². The fraction of sp³-hybridized carbons (Fsp3) is 0.391. The SMILES string of the molecule is O=C(CN1CCN(C(=O)c2ccccc2)CC1)NC(c1ccccc1)C1CC1. The first-order valence-corrected chi connectivity index (χ1v) is 10.1. The molecule has 0 spiro atoms. The number of hydrogen-bond acceptors (Lipinski definition) is 3. The molecule has 1 saturated heterocycles. The third kappa shape index (κ3) is 4.60. The Morgan fingerprint density at radius 1 is 0.893 bits per heavy atom. The van der Waals surface area contributed by atoms with E-state index in [0.717, 1.165) is 18.7 Å². The minimum Gasteiger partial charge on any atom is -0.348 e. The molecule has 2 aliphatic rings.